The molecule has 0 aliphatic carbocycles. The van der Waals surface area contributed by atoms with Gasteiger partial charge in [-0.3, -0.25) is 4.57 Å². The van der Waals surface area contributed by atoms with Crippen LogP contribution in [0.1, 0.15) is 18.0 Å². The van der Waals surface area contributed by atoms with Crippen LogP contribution in [0.5, 0.6) is 0 Å². The van der Waals surface area contributed by atoms with Crippen LogP contribution >= 0.6 is 11.8 Å². The van der Waals surface area contributed by atoms with Gasteiger partial charge in [-0.25, -0.2) is 4.79 Å². The Bertz CT molecular complexity index is 668. The van der Waals surface area contributed by atoms with Crippen LogP contribution < -0.4 is 5.69 Å². The second kappa shape index (κ2) is 4.33. The molecule has 1 N–H and O–H groups in total. The zero-order chi connectivity index (χ0) is 13.6. The standard InChI is InChI=1S/C12H11F3N2OS/c13-12(14,15)8-2-1-3-9-10(8)17(11(18)16-9)7-4-5-19-6-7/h1-3,7H,4-6H2,(H,16,18). The number of imidazole rings is 1. The average Bonchev–Trinajstić information content (AvgIpc) is 2.92. The highest BCUT2D eigenvalue weighted by Gasteiger charge is 2.35. The number of alkyl halides is 3. The first kappa shape index (κ1) is 12.7. The number of aromatic amines is 1. The summed E-state index contributed by atoms with van der Waals surface area (Å²) in [5.74, 6) is 1.55. The van der Waals surface area contributed by atoms with E-state index < -0.39 is 17.4 Å². The van der Waals surface area contributed by atoms with Crippen molar-refractivity contribution in [2.75, 3.05) is 11.5 Å². The monoisotopic (exact) mass is 288 g/mol. The summed E-state index contributed by atoms with van der Waals surface area (Å²) in [7, 11) is 0. The highest BCUT2D eigenvalue weighted by molar-refractivity contribution is 7.99. The predicted octanol–water partition coefficient (Wildman–Crippen LogP) is 3.03. The van der Waals surface area contributed by atoms with Gasteiger partial charge in [0.25, 0.3) is 0 Å². The summed E-state index contributed by atoms with van der Waals surface area (Å²) >= 11 is 1.66. The van der Waals surface area contributed by atoms with Gasteiger partial charge < -0.3 is 4.98 Å². The Kier molecular flexibility index (Phi) is 2.88. The molecular formula is C12H11F3N2OS. The predicted molar refractivity (Wildman–Crippen MR) is 68.5 cm³/mol. The highest BCUT2D eigenvalue weighted by atomic mass is 32.2. The van der Waals surface area contributed by atoms with Crippen LogP contribution in [0.2, 0.25) is 0 Å². The largest absolute Gasteiger partial charge is 0.418 e. The number of thioether (sulfide) groups is 1. The first-order valence-electron chi connectivity index (χ1n) is 5.86. The summed E-state index contributed by atoms with van der Waals surface area (Å²) in [5, 5.41) is 0. The molecule has 102 valence electrons. The van der Waals surface area contributed by atoms with Crippen molar-refractivity contribution < 1.29 is 13.2 Å². The number of nitrogens with one attached hydrogen (secondary N) is 1. The van der Waals surface area contributed by atoms with Crippen molar-refractivity contribution in [3.05, 3.63) is 34.2 Å². The third-order valence-corrected chi connectivity index (χ3v) is 4.46. The van der Waals surface area contributed by atoms with Gasteiger partial charge in [0.15, 0.2) is 0 Å². The van der Waals surface area contributed by atoms with Crippen molar-refractivity contribution in [1.82, 2.24) is 9.55 Å². The van der Waals surface area contributed by atoms with Crippen molar-refractivity contribution in [1.29, 1.82) is 0 Å². The lowest BCUT2D eigenvalue weighted by Gasteiger charge is -2.14. The molecule has 3 nitrogen and oxygen atoms in total. The number of rotatable bonds is 1. The van der Waals surface area contributed by atoms with Crippen molar-refractivity contribution >= 4 is 22.8 Å². The molecule has 1 aliphatic rings. The SMILES string of the molecule is O=c1[nH]c2cccc(C(F)(F)F)c2n1C1CCSC1. The van der Waals surface area contributed by atoms with Gasteiger partial charge in [-0.05, 0) is 24.3 Å². The molecule has 1 atom stereocenters. The van der Waals surface area contributed by atoms with Gasteiger partial charge in [0.2, 0.25) is 0 Å². The van der Waals surface area contributed by atoms with E-state index in [-0.39, 0.29) is 17.1 Å². The van der Waals surface area contributed by atoms with Crippen molar-refractivity contribution in [2.24, 2.45) is 0 Å². The summed E-state index contributed by atoms with van der Waals surface area (Å²) in [5.41, 5.74) is -0.983. The van der Waals surface area contributed by atoms with Gasteiger partial charge in [-0.15, -0.1) is 0 Å². The molecule has 1 aromatic heterocycles. The molecule has 2 aromatic rings. The Labute approximate surface area is 110 Å². The maximum atomic E-state index is 13.1. The van der Waals surface area contributed by atoms with E-state index in [1.165, 1.54) is 16.7 Å². The molecule has 0 amide bonds. The lowest BCUT2D eigenvalue weighted by Crippen LogP contribution is -2.23. The van der Waals surface area contributed by atoms with Gasteiger partial charge in [0.05, 0.1) is 16.6 Å². The molecule has 1 saturated heterocycles. The molecule has 1 aliphatic heterocycles. The van der Waals surface area contributed by atoms with Crippen molar-refractivity contribution in [3.63, 3.8) is 0 Å². The molecule has 1 unspecified atom stereocenters. The molecule has 7 heteroatoms. The Balaban J connectivity index is 2.31. The minimum absolute atomic E-state index is 0.0208. The Morgan fingerprint density at radius 2 is 2.16 bits per heavy atom. The van der Waals surface area contributed by atoms with Crippen LogP contribution in [0.15, 0.2) is 23.0 Å². The number of para-hydroxylation sites is 1. The molecular weight excluding hydrogens is 277 g/mol. The second-order valence-electron chi connectivity index (χ2n) is 4.52. The summed E-state index contributed by atoms with van der Waals surface area (Å²) in [6, 6.07) is 3.68. The molecule has 2 heterocycles. The zero-order valence-electron chi connectivity index (χ0n) is 9.83. The maximum absolute atomic E-state index is 13.1. The van der Waals surface area contributed by atoms with E-state index in [0.717, 1.165) is 18.2 Å². The molecule has 0 bridgehead atoms. The second-order valence-corrected chi connectivity index (χ2v) is 5.67. The molecule has 0 radical (unpaired) electrons. The molecule has 3 rings (SSSR count). The summed E-state index contributed by atoms with van der Waals surface area (Å²) in [6.45, 7) is 0. The molecule has 0 spiro atoms. The molecule has 19 heavy (non-hydrogen) atoms. The molecule has 1 aromatic carbocycles. The van der Waals surface area contributed by atoms with Crippen LogP contribution in [-0.2, 0) is 6.18 Å². The number of hydrogen-bond acceptors (Lipinski definition) is 2. The van der Waals surface area contributed by atoms with E-state index in [0.29, 0.717) is 5.75 Å². The minimum atomic E-state index is -4.46. The lowest BCUT2D eigenvalue weighted by atomic mass is 10.1. The minimum Gasteiger partial charge on any atom is -0.306 e. The fourth-order valence-electron chi connectivity index (χ4n) is 2.48. The number of hydrogen-bond donors (Lipinski definition) is 1. The highest BCUT2D eigenvalue weighted by Crippen LogP contribution is 2.36. The molecule has 1 fully saturated rings. The van der Waals surface area contributed by atoms with Crippen LogP contribution in [0.4, 0.5) is 13.2 Å². The number of nitrogens with zero attached hydrogens (tertiary/aromatic N) is 1. The van der Waals surface area contributed by atoms with Gasteiger partial charge >= 0.3 is 11.9 Å². The fourth-order valence-corrected chi connectivity index (χ4v) is 3.68. The summed E-state index contributed by atoms with van der Waals surface area (Å²) < 4.78 is 40.5. The lowest BCUT2D eigenvalue weighted by molar-refractivity contribution is -0.136. The van der Waals surface area contributed by atoms with E-state index in [9.17, 15) is 18.0 Å². The van der Waals surface area contributed by atoms with E-state index in [2.05, 4.69) is 4.98 Å². The summed E-state index contributed by atoms with van der Waals surface area (Å²) in [6.07, 6.45) is -3.73. The number of benzene rings is 1. The average molecular weight is 288 g/mol. The maximum Gasteiger partial charge on any atom is 0.418 e. The smallest absolute Gasteiger partial charge is 0.306 e. The number of H-pyrrole nitrogens is 1. The Morgan fingerprint density at radius 1 is 1.37 bits per heavy atom. The van der Waals surface area contributed by atoms with Gasteiger partial charge in [-0.2, -0.15) is 24.9 Å². The first-order valence-corrected chi connectivity index (χ1v) is 7.02. The quantitative estimate of drug-likeness (QED) is 0.876. The third-order valence-electron chi connectivity index (χ3n) is 3.31. The first-order chi connectivity index (χ1) is 8.98. The number of halogens is 3. The van der Waals surface area contributed by atoms with Gasteiger partial charge in [0, 0.05) is 11.8 Å². The Hall–Kier alpha value is -1.37. The number of fused-ring (bicyclic) bond motifs is 1. The summed E-state index contributed by atoms with van der Waals surface area (Å²) in [4.78, 5) is 14.5. The van der Waals surface area contributed by atoms with E-state index in [1.807, 2.05) is 0 Å². The van der Waals surface area contributed by atoms with Crippen LogP contribution in [0.25, 0.3) is 11.0 Å². The van der Waals surface area contributed by atoms with Gasteiger partial charge in [0.1, 0.15) is 0 Å². The van der Waals surface area contributed by atoms with Crippen molar-refractivity contribution in [2.45, 2.75) is 18.6 Å². The topological polar surface area (TPSA) is 37.8 Å². The van der Waals surface area contributed by atoms with E-state index >= 15 is 0 Å². The third kappa shape index (κ3) is 2.05. The van der Waals surface area contributed by atoms with Crippen molar-refractivity contribution in [3.8, 4) is 0 Å². The normalized spacial score (nSPS) is 20.3. The Morgan fingerprint density at radius 3 is 2.79 bits per heavy atom. The fraction of sp³-hybridized carbons (Fsp3) is 0.417. The van der Waals surface area contributed by atoms with Gasteiger partial charge in [-0.1, -0.05) is 6.07 Å². The van der Waals surface area contributed by atoms with Crippen LogP contribution in [0, 0.1) is 0 Å². The number of aromatic nitrogens is 2. The van der Waals surface area contributed by atoms with Crippen LogP contribution in [-0.4, -0.2) is 21.1 Å². The van der Waals surface area contributed by atoms with Crippen LogP contribution in [0.3, 0.4) is 0 Å². The van der Waals surface area contributed by atoms with E-state index in [1.54, 1.807) is 11.8 Å². The van der Waals surface area contributed by atoms with E-state index in [4.69, 9.17) is 0 Å². The zero-order valence-corrected chi connectivity index (χ0v) is 10.6. The molecule has 0 saturated carbocycles.